The lowest BCUT2D eigenvalue weighted by atomic mass is 10.0. The quantitative estimate of drug-likeness (QED) is 0.788. The lowest BCUT2D eigenvalue weighted by Gasteiger charge is -2.36. The molecular weight excluding hydrogens is 238 g/mol. The van der Waals surface area contributed by atoms with E-state index in [0.717, 1.165) is 10.7 Å². The molecule has 0 aliphatic carbocycles. The summed E-state index contributed by atoms with van der Waals surface area (Å²) in [5, 5.41) is 5.63. The van der Waals surface area contributed by atoms with Crippen molar-refractivity contribution < 1.29 is 9.59 Å². The van der Waals surface area contributed by atoms with E-state index in [9.17, 15) is 9.59 Å². The van der Waals surface area contributed by atoms with Crippen LogP contribution < -0.4 is 5.32 Å². The van der Waals surface area contributed by atoms with Gasteiger partial charge in [0.15, 0.2) is 0 Å². The van der Waals surface area contributed by atoms with Crippen LogP contribution in [0.25, 0.3) is 0 Å². The van der Waals surface area contributed by atoms with Gasteiger partial charge in [0.25, 0.3) is 0 Å². The summed E-state index contributed by atoms with van der Waals surface area (Å²) in [5.74, 6) is -0.385. The van der Waals surface area contributed by atoms with Gasteiger partial charge in [-0.25, -0.2) is 4.98 Å². The summed E-state index contributed by atoms with van der Waals surface area (Å²) in [5.41, 5.74) is 0.236. The number of nitrogens with zero attached hydrogens (tertiary/aromatic N) is 2. The Kier molecular flexibility index (Phi) is 3.01. The van der Waals surface area contributed by atoms with Crippen molar-refractivity contribution in [2.75, 3.05) is 6.54 Å². The van der Waals surface area contributed by atoms with Gasteiger partial charge in [0.2, 0.25) is 11.8 Å². The first-order valence-corrected chi connectivity index (χ1v) is 6.29. The van der Waals surface area contributed by atoms with Crippen molar-refractivity contribution in [3.8, 4) is 0 Å². The highest BCUT2D eigenvalue weighted by atomic mass is 32.1. The molecule has 5 nitrogen and oxygen atoms in total. The fourth-order valence-electron chi connectivity index (χ4n) is 1.69. The van der Waals surface area contributed by atoms with Crippen molar-refractivity contribution in [2.45, 2.75) is 32.9 Å². The molecule has 0 aromatic carbocycles. The molecule has 1 N–H and O–H groups in total. The van der Waals surface area contributed by atoms with E-state index in [4.69, 9.17) is 0 Å². The average Bonchev–Trinajstić information content (AvgIpc) is 2.66. The van der Waals surface area contributed by atoms with Gasteiger partial charge < -0.3 is 0 Å². The molecule has 2 amide bonds. The van der Waals surface area contributed by atoms with Gasteiger partial charge in [-0.1, -0.05) is 0 Å². The third-order valence-electron chi connectivity index (χ3n) is 2.72. The first-order valence-electron chi connectivity index (χ1n) is 5.41. The average molecular weight is 253 g/mol. The maximum absolute atomic E-state index is 12.1. The smallest absolute Gasteiger partial charge is 0.249 e. The van der Waals surface area contributed by atoms with Gasteiger partial charge in [-0.2, -0.15) is 0 Å². The zero-order valence-corrected chi connectivity index (χ0v) is 10.9. The molecule has 1 saturated heterocycles. The number of imide groups is 1. The van der Waals surface area contributed by atoms with Crippen LogP contribution in [0.5, 0.6) is 0 Å². The Morgan fingerprint density at radius 1 is 1.53 bits per heavy atom. The predicted octanol–water partition coefficient (Wildman–Crippen LogP) is 0.689. The van der Waals surface area contributed by atoms with E-state index in [1.165, 1.54) is 16.2 Å². The minimum absolute atomic E-state index is 0.192. The lowest BCUT2D eigenvalue weighted by molar-refractivity contribution is -0.153. The molecule has 0 unspecified atom stereocenters. The molecule has 6 heteroatoms. The van der Waals surface area contributed by atoms with E-state index in [0.29, 0.717) is 0 Å². The molecule has 1 aromatic heterocycles. The van der Waals surface area contributed by atoms with E-state index in [1.807, 2.05) is 12.3 Å². The normalized spacial score (nSPS) is 19.8. The minimum Gasteiger partial charge on any atom is -0.295 e. The summed E-state index contributed by atoms with van der Waals surface area (Å²) < 4.78 is 0. The van der Waals surface area contributed by atoms with E-state index in [2.05, 4.69) is 10.3 Å². The van der Waals surface area contributed by atoms with Gasteiger partial charge in [0, 0.05) is 11.1 Å². The van der Waals surface area contributed by atoms with Gasteiger partial charge >= 0.3 is 0 Å². The molecule has 1 fully saturated rings. The Balaban J connectivity index is 2.18. The first kappa shape index (κ1) is 12.2. The highest BCUT2D eigenvalue weighted by Gasteiger charge is 2.39. The number of hydrogen-bond acceptors (Lipinski definition) is 5. The molecule has 2 heterocycles. The summed E-state index contributed by atoms with van der Waals surface area (Å²) in [6.45, 7) is 5.93. The van der Waals surface area contributed by atoms with Crippen LogP contribution >= 0.6 is 11.3 Å². The second-order valence-corrected chi connectivity index (χ2v) is 5.59. The number of hydrogen-bond donors (Lipinski definition) is 1. The number of thiazole rings is 1. The molecule has 17 heavy (non-hydrogen) atoms. The summed E-state index contributed by atoms with van der Waals surface area (Å²) in [7, 11) is 0. The van der Waals surface area contributed by atoms with Gasteiger partial charge in [-0.15, -0.1) is 11.3 Å². The van der Waals surface area contributed by atoms with Crippen LogP contribution in [0.1, 0.15) is 24.5 Å². The number of piperazine rings is 1. The Bertz CT molecular complexity index is 467. The number of aromatic nitrogens is 1. The fraction of sp³-hybridized carbons (Fsp3) is 0.545. The van der Waals surface area contributed by atoms with Gasteiger partial charge in [-0.05, 0) is 20.8 Å². The second kappa shape index (κ2) is 4.19. The van der Waals surface area contributed by atoms with Crippen LogP contribution in [0.4, 0.5) is 0 Å². The number of carbonyl (C=O) groups excluding carboxylic acids is 2. The minimum atomic E-state index is -0.680. The van der Waals surface area contributed by atoms with Crippen LogP contribution in [-0.2, 0) is 16.1 Å². The number of carbonyl (C=O) groups is 2. The molecular formula is C11H15N3O2S. The predicted molar refractivity (Wildman–Crippen MR) is 64.5 cm³/mol. The number of rotatable bonds is 2. The van der Waals surface area contributed by atoms with Crippen LogP contribution in [0.2, 0.25) is 0 Å². The molecule has 92 valence electrons. The number of amides is 2. The van der Waals surface area contributed by atoms with Crippen LogP contribution in [-0.4, -0.2) is 33.8 Å². The third kappa shape index (κ3) is 2.37. The molecule has 1 aliphatic rings. The highest BCUT2D eigenvalue weighted by molar-refractivity contribution is 7.09. The summed E-state index contributed by atoms with van der Waals surface area (Å²) in [4.78, 5) is 29.4. The van der Waals surface area contributed by atoms with Crippen molar-refractivity contribution in [1.29, 1.82) is 0 Å². The third-order valence-corrected chi connectivity index (χ3v) is 3.67. The van der Waals surface area contributed by atoms with Gasteiger partial charge in [0.1, 0.15) is 5.01 Å². The zero-order valence-electron chi connectivity index (χ0n) is 10.1. The Morgan fingerprint density at radius 2 is 2.24 bits per heavy atom. The molecule has 0 radical (unpaired) electrons. The lowest BCUT2D eigenvalue weighted by Crippen LogP contribution is -2.63. The molecule has 0 spiro atoms. The van der Waals surface area contributed by atoms with E-state index >= 15 is 0 Å². The Morgan fingerprint density at radius 3 is 2.82 bits per heavy atom. The van der Waals surface area contributed by atoms with Crippen LogP contribution in [0.3, 0.4) is 0 Å². The zero-order chi connectivity index (χ0) is 12.6. The Hall–Kier alpha value is -1.27. The van der Waals surface area contributed by atoms with Gasteiger partial charge in [0.05, 0.1) is 18.6 Å². The van der Waals surface area contributed by atoms with Crippen LogP contribution in [0, 0.1) is 6.92 Å². The molecule has 0 atom stereocenters. The van der Waals surface area contributed by atoms with E-state index in [1.54, 1.807) is 13.8 Å². The molecule has 2 rings (SSSR count). The topological polar surface area (TPSA) is 62.3 Å². The van der Waals surface area contributed by atoms with Crippen molar-refractivity contribution in [1.82, 2.24) is 15.2 Å². The number of aryl methyl sites for hydroxylation is 1. The van der Waals surface area contributed by atoms with Crippen molar-refractivity contribution in [3.63, 3.8) is 0 Å². The number of nitrogens with one attached hydrogen (secondary N) is 1. The molecule has 0 bridgehead atoms. The first-order chi connectivity index (χ1) is 7.90. The van der Waals surface area contributed by atoms with Crippen LogP contribution in [0.15, 0.2) is 5.38 Å². The molecule has 1 aliphatic heterocycles. The summed E-state index contributed by atoms with van der Waals surface area (Å²) >= 11 is 1.47. The molecule has 0 saturated carbocycles. The Labute approximate surface area is 104 Å². The maximum Gasteiger partial charge on any atom is 0.249 e. The fourth-order valence-corrected chi connectivity index (χ4v) is 2.45. The van der Waals surface area contributed by atoms with Crippen molar-refractivity contribution >= 4 is 23.2 Å². The largest absolute Gasteiger partial charge is 0.295 e. The monoisotopic (exact) mass is 253 g/mol. The maximum atomic E-state index is 12.1. The van der Waals surface area contributed by atoms with E-state index in [-0.39, 0.29) is 24.9 Å². The standard InChI is InChI=1S/C11H15N3O2S/c1-7-6-17-8(13-7)5-14-9(15)4-12-11(2,3)10(14)16/h6,12H,4-5H2,1-3H3. The summed E-state index contributed by atoms with van der Waals surface area (Å²) in [6.07, 6.45) is 0. The van der Waals surface area contributed by atoms with Gasteiger partial charge in [-0.3, -0.25) is 19.8 Å². The van der Waals surface area contributed by atoms with Crippen molar-refractivity contribution in [3.05, 3.63) is 16.1 Å². The van der Waals surface area contributed by atoms with Crippen molar-refractivity contribution in [2.24, 2.45) is 0 Å². The van der Waals surface area contributed by atoms with E-state index < -0.39 is 5.54 Å². The second-order valence-electron chi connectivity index (χ2n) is 4.65. The summed E-state index contributed by atoms with van der Waals surface area (Å²) in [6, 6.07) is 0. The SMILES string of the molecule is Cc1csc(CN2C(=O)CNC(C)(C)C2=O)n1. The highest BCUT2D eigenvalue weighted by Crippen LogP contribution is 2.18. The molecule has 1 aromatic rings.